The molecular formula is C12H14O3. The van der Waals surface area contributed by atoms with Crippen molar-refractivity contribution in [1.82, 2.24) is 0 Å². The van der Waals surface area contributed by atoms with Gasteiger partial charge in [-0.2, -0.15) is 0 Å². The number of ether oxygens (including phenoxy) is 1. The lowest BCUT2D eigenvalue weighted by atomic mass is 10.2. The molecule has 0 radical (unpaired) electrons. The molecule has 0 aliphatic rings. The molecule has 0 amide bonds. The second-order valence-corrected chi connectivity index (χ2v) is 3.24. The Kier molecular flexibility index (Phi) is 3.92. The highest BCUT2D eigenvalue weighted by molar-refractivity contribution is 5.89. The molecule has 80 valence electrons. The maximum atomic E-state index is 11.4. The summed E-state index contributed by atoms with van der Waals surface area (Å²) in [6, 6.07) is 6.00. The predicted octanol–water partition coefficient (Wildman–Crippen LogP) is 2.65. The molecule has 1 rings (SSSR count). The van der Waals surface area contributed by atoms with Gasteiger partial charge in [-0.15, -0.1) is 0 Å². The fourth-order valence-corrected chi connectivity index (χ4v) is 1.10. The van der Waals surface area contributed by atoms with E-state index in [9.17, 15) is 4.79 Å². The van der Waals surface area contributed by atoms with E-state index >= 15 is 0 Å². The highest BCUT2D eigenvalue weighted by Crippen LogP contribution is 2.17. The molecular weight excluding hydrogens is 192 g/mol. The van der Waals surface area contributed by atoms with Crippen LogP contribution in [-0.4, -0.2) is 11.1 Å². The van der Waals surface area contributed by atoms with Crippen molar-refractivity contribution in [3.05, 3.63) is 36.4 Å². The average molecular weight is 206 g/mol. The average Bonchev–Trinajstić information content (AvgIpc) is 2.22. The van der Waals surface area contributed by atoms with E-state index in [2.05, 4.69) is 6.58 Å². The van der Waals surface area contributed by atoms with Gasteiger partial charge in [0.05, 0.1) is 0 Å². The van der Waals surface area contributed by atoms with Gasteiger partial charge < -0.3 is 9.84 Å². The van der Waals surface area contributed by atoms with Gasteiger partial charge in [-0.1, -0.05) is 19.9 Å². The summed E-state index contributed by atoms with van der Waals surface area (Å²) in [6.45, 7) is 5.61. The molecule has 1 N–H and O–H groups in total. The molecule has 15 heavy (non-hydrogen) atoms. The van der Waals surface area contributed by atoms with Gasteiger partial charge in [-0.05, 0) is 30.7 Å². The summed E-state index contributed by atoms with van der Waals surface area (Å²) in [7, 11) is 0. The third-order valence-corrected chi connectivity index (χ3v) is 1.89. The molecule has 1 aromatic carbocycles. The normalized spacial score (nSPS) is 9.67. The van der Waals surface area contributed by atoms with Crippen molar-refractivity contribution in [2.24, 2.45) is 0 Å². The van der Waals surface area contributed by atoms with Crippen LogP contribution in [0.5, 0.6) is 11.5 Å². The standard InChI is InChI=1S/C12H14O3/c1-3-4-9(2)12(14)15-11-7-5-10(13)6-8-11/h5-8,13H,2-4H2,1H3. The second-order valence-electron chi connectivity index (χ2n) is 3.24. The Morgan fingerprint density at radius 2 is 2.00 bits per heavy atom. The SMILES string of the molecule is C=C(CCC)C(=O)Oc1ccc(O)cc1. The quantitative estimate of drug-likeness (QED) is 0.468. The molecule has 0 spiro atoms. The molecule has 3 nitrogen and oxygen atoms in total. The van der Waals surface area contributed by atoms with Gasteiger partial charge in [0.1, 0.15) is 11.5 Å². The van der Waals surface area contributed by atoms with E-state index in [1.165, 1.54) is 24.3 Å². The van der Waals surface area contributed by atoms with Crippen LogP contribution in [0, 0.1) is 0 Å². The summed E-state index contributed by atoms with van der Waals surface area (Å²) in [5.74, 6) is 0.139. The monoisotopic (exact) mass is 206 g/mol. The van der Waals surface area contributed by atoms with E-state index < -0.39 is 5.97 Å². The maximum Gasteiger partial charge on any atom is 0.338 e. The lowest BCUT2D eigenvalue weighted by molar-refractivity contribution is -0.130. The number of carbonyl (C=O) groups is 1. The highest BCUT2D eigenvalue weighted by atomic mass is 16.5. The van der Waals surface area contributed by atoms with Gasteiger partial charge >= 0.3 is 5.97 Å². The summed E-state index contributed by atoms with van der Waals surface area (Å²) in [5, 5.41) is 9.03. The van der Waals surface area contributed by atoms with Gasteiger partial charge in [0.15, 0.2) is 0 Å². The van der Waals surface area contributed by atoms with Crippen molar-refractivity contribution in [3.8, 4) is 11.5 Å². The zero-order chi connectivity index (χ0) is 11.3. The van der Waals surface area contributed by atoms with Crippen LogP contribution in [0.2, 0.25) is 0 Å². The van der Waals surface area contributed by atoms with Crippen molar-refractivity contribution < 1.29 is 14.6 Å². The summed E-state index contributed by atoms with van der Waals surface area (Å²) in [5.41, 5.74) is 0.463. The molecule has 0 fully saturated rings. The molecule has 0 bridgehead atoms. The predicted molar refractivity (Wildman–Crippen MR) is 57.8 cm³/mol. The molecule has 0 saturated heterocycles. The zero-order valence-electron chi connectivity index (χ0n) is 8.69. The van der Waals surface area contributed by atoms with Crippen LogP contribution in [-0.2, 0) is 4.79 Å². The van der Waals surface area contributed by atoms with Crippen LogP contribution in [0.4, 0.5) is 0 Å². The smallest absolute Gasteiger partial charge is 0.338 e. The molecule has 0 atom stereocenters. The molecule has 0 aromatic heterocycles. The minimum absolute atomic E-state index is 0.141. The number of benzene rings is 1. The number of phenols is 1. The first-order valence-electron chi connectivity index (χ1n) is 4.82. The maximum absolute atomic E-state index is 11.4. The van der Waals surface area contributed by atoms with Gasteiger partial charge in [-0.3, -0.25) is 0 Å². The fraction of sp³-hybridized carbons (Fsp3) is 0.250. The number of carbonyl (C=O) groups excluding carboxylic acids is 1. The fourth-order valence-electron chi connectivity index (χ4n) is 1.10. The Morgan fingerprint density at radius 1 is 1.40 bits per heavy atom. The molecule has 0 aliphatic carbocycles. The van der Waals surface area contributed by atoms with E-state index in [0.717, 1.165) is 6.42 Å². The molecule has 1 aromatic rings. The molecule has 0 aliphatic heterocycles. The lowest BCUT2D eigenvalue weighted by Gasteiger charge is -2.05. The first-order valence-corrected chi connectivity index (χ1v) is 4.82. The third kappa shape index (κ3) is 3.46. The highest BCUT2D eigenvalue weighted by Gasteiger charge is 2.08. The zero-order valence-corrected chi connectivity index (χ0v) is 8.69. The van der Waals surface area contributed by atoms with Crippen molar-refractivity contribution >= 4 is 5.97 Å². The summed E-state index contributed by atoms with van der Waals surface area (Å²) < 4.78 is 5.03. The molecule has 0 heterocycles. The van der Waals surface area contributed by atoms with Crippen LogP contribution >= 0.6 is 0 Å². The van der Waals surface area contributed by atoms with E-state index in [1.807, 2.05) is 6.92 Å². The molecule has 0 unspecified atom stereocenters. The number of rotatable bonds is 4. The van der Waals surface area contributed by atoms with Gasteiger partial charge in [-0.25, -0.2) is 4.79 Å². The van der Waals surface area contributed by atoms with Gasteiger partial charge in [0.25, 0.3) is 0 Å². The summed E-state index contributed by atoms with van der Waals surface area (Å²) in [6.07, 6.45) is 1.50. The molecule has 3 heteroatoms. The van der Waals surface area contributed by atoms with Crippen molar-refractivity contribution in [2.75, 3.05) is 0 Å². The van der Waals surface area contributed by atoms with Crippen molar-refractivity contribution in [1.29, 1.82) is 0 Å². The Bertz CT molecular complexity index is 352. The summed E-state index contributed by atoms with van der Waals surface area (Å²) >= 11 is 0. The number of hydrogen-bond acceptors (Lipinski definition) is 3. The van der Waals surface area contributed by atoms with Crippen LogP contribution < -0.4 is 4.74 Å². The van der Waals surface area contributed by atoms with E-state index in [1.54, 1.807) is 0 Å². The van der Waals surface area contributed by atoms with E-state index in [0.29, 0.717) is 17.7 Å². The van der Waals surface area contributed by atoms with E-state index in [-0.39, 0.29) is 5.75 Å². The van der Waals surface area contributed by atoms with Crippen LogP contribution in [0.25, 0.3) is 0 Å². The van der Waals surface area contributed by atoms with Crippen LogP contribution in [0.1, 0.15) is 19.8 Å². The Labute approximate surface area is 89.0 Å². The Morgan fingerprint density at radius 3 is 2.53 bits per heavy atom. The Hall–Kier alpha value is -1.77. The molecule has 0 saturated carbocycles. The topological polar surface area (TPSA) is 46.5 Å². The van der Waals surface area contributed by atoms with Crippen molar-refractivity contribution in [3.63, 3.8) is 0 Å². The minimum atomic E-state index is -0.414. The lowest BCUT2D eigenvalue weighted by Crippen LogP contribution is -2.10. The van der Waals surface area contributed by atoms with Crippen molar-refractivity contribution in [2.45, 2.75) is 19.8 Å². The van der Waals surface area contributed by atoms with E-state index in [4.69, 9.17) is 9.84 Å². The first-order chi connectivity index (χ1) is 7.13. The first kappa shape index (κ1) is 11.3. The summed E-state index contributed by atoms with van der Waals surface area (Å²) in [4.78, 5) is 11.4. The van der Waals surface area contributed by atoms with Crippen LogP contribution in [0.3, 0.4) is 0 Å². The van der Waals surface area contributed by atoms with Gasteiger partial charge in [0.2, 0.25) is 0 Å². The third-order valence-electron chi connectivity index (χ3n) is 1.89. The van der Waals surface area contributed by atoms with Crippen LogP contribution in [0.15, 0.2) is 36.4 Å². The second kappa shape index (κ2) is 5.20. The number of esters is 1. The number of phenolic OH excluding ortho intramolecular Hbond substituents is 1. The minimum Gasteiger partial charge on any atom is -0.508 e. The number of hydrogen-bond donors (Lipinski definition) is 1. The number of aromatic hydroxyl groups is 1. The Balaban J connectivity index is 2.58. The largest absolute Gasteiger partial charge is 0.508 e. The van der Waals surface area contributed by atoms with Gasteiger partial charge in [0, 0.05) is 5.57 Å².